The van der Waals surface area contributed by atoms with Crippen LogP contribution in [0.3, 0.4) is 0 Å². The molecule has 0 aliphatic heterocycles. The summed E-state index contributed by atoms with van der Waals surface area (Å²) < 4.78 is 4.65. The topological polar surface area (TPSA) is 90.9 Å². The smallest absolute Gasteiger partial charge is 0.337 e. The van der Waals surface area contributed by atoms with Crippen LogP contribution in [0, 0.1) is 34.0 Å². The monoisotopic (exact) mass is 330 g/mol. The van der Waals surface area contributed by atoms with Crippen molar-refractivity contribution in [1.82, 2.24) is 0 Å². The maximum Gasteiger partial charge on any atom is 0.337 e. The number of hydrogen-bond donors (Lipinski definition) is 0. The van der Waals surface area contributed by atoms with Crippen LogP contribution in [0.5, 0.6) is 0 Å². The van der Waals surface area contributed by atoms with Crippen LogP contribution in [0.25, 0.3) is 0 Å². The van der Waals surface area contributed by atoms with E-state index in [1.165, 1.54) is 7.11 Å². The molecule has 0 unspecified atom stereocenters. The van der Waals surface area contributed by atoms with Crippen LogP contribution >= 0.6 is 0 Å². The molecule has 2 atom stereocenters. The lowest BCUT2D eigenvalue weighted by Gasteiger charge is -2.03. The Kier molecular flexibility index (Phi) is 4.09. The molecular formula is C20H14N2O3. The quantitative estimate of drug-likeness (QED) is 0.634. The van der Waals surface area contributed by atoms with Crippen LogP contribution in [0.4, 0.5) is 0 Å². The average molecular weight is 330 g/mol. The summed E-state index contributed by atoms with van der Waals surface area (Å²) in [6.07, 6.45) is 0. The van der Waals surface area contributed by atoms with Crippen molar-refractivity contribution < 1.29 is 14.3 Å². The Morgan fingerprint density at radius 3 is 2.08 bits per heavy atom. The molecule has 5 nitrogen and oxygen atoms in total. The third-order valence-corrected chi connectivity index (χ3v) is 4.61. The largest absolute Gasteiger partial charge is 0.465 e. The minimum absolute atomic E-state index is 0.217. The molecule has 1 aliphatic rings. The van der Waals surface area contributed by atoms with Gasteiger partial charge in [-0.05, 0) is 17.7 Å². The van der Waals surface area contributed by atoms with Crippen LogP contribution < -0.4 is 0 Å². The molecule has 0 bridgehead atoms. The zero-order chi connectivity index (χ0) is 18.0. The summed E-state index contributed by atoms with van der Waals surface area (Å²) in [6.45, 7) is 0. The predicted molar refractivity (Wildman–Crippen MR) is 88.4 cm³/mol. The van der Waals surface area contributed by atoms with E-state index in [1.54, 1.807) is 54.6 Å². The molecule has 1 fully saturated rings. The lowest BCUT2D eigenvalue weighted by Crippen LogP contribution is -2.08. The predicted octanol–water partition coefficient (Wildman–Crippen LogP) is 3.10. The molecule has 1 saturated carbocycles. The molecule has 0 aromatic heterocycles. The molecule has 25 heavy (non-hydrogen) atoms. The Balaban J connectivity index is 1.95. The van der Waals surface area contributed by atoms with Crippen molar-refractivity contribution in [1.29, 1.82) is 10.5 Å². The highest BCUT2D eigenvalue weighted by molar-refractivity contribution is 6.02. The fraction of sp³-hybridized carbons (Fsp3) is 0.200. The zero-order valence-electron chi connectivity index (χ0n) is 13.5. The maximum atomic E-state index is 12.8. The Morgan fingerprint density at radius 2 is 1.56 bits per heavy atom. The minimum atomic E-state index is -1.38. The van der Waals surface area contributed by atoms with E-state index in [-0.39, 0.29) is 5.78 Å². The summed E-state index contributed by atoms with van der Waals surface area (Å²) in [7, 11) is 1.29. The van der Waals surface area contributed by atoms with Gasteiger partial charge in [0.15, 0.2) is 11.2 Å². The lowest BCUT2D eigenvalue weighted by atomic mass is 10.0. The fourth-order valence-electron chi connectivity index (χ4n) is 3.23. The van der Waals surface area contributed by atoms with E-state index >= 15 is 0 Å². The molecule has 5 heteroatoms. The first kappa shape index (κ1) is 16.4. The summed E-state index contributed by atoms with van der Waals surface area (Å²) in [5.74, 6) is -1.91. The molecule has 0 N–H and O–H groups in total. The Bertz CT molecular complexity index is 891. The van der Waals surface area contributed by atoms with Crippen LogP contribution in [0.2, 0.25) is 0 Å². The standard InChI is InChI=1S/C20H14N2O3/c1-25-19(24)15-9-7-13(8-10-15)16-17(20(16,11-21)12-22)18(23)14-5-3-2-4-6-14/h2-10,16-17H,1H3/t16-,17+/m0/s1. The summed E-state index contributed by atoms with van der Waals surface area (Å²) in [5, 5.41) is 19.1. The van der Waals surface area contributed by atoms with Crippen LogP contribution in [-0.2, 0) is 4.74 Å². The number of Topliss-reactive ketones (excluding diaryl/α,β-unsaturated/α-hetero) is 1. The highest BCUT2D eigenvalue weighted by Crippen LogP contribution is 2.65. The molecule has 2 aromatic carbocycles. The van der Waals surface area contributed by atoms with Gasteiger partial charge in [-0.15, -0.1) is 0 Å². The van der Waals surface area contributed by atoms with Crippen molar-refractivity contribution in [3.05, 3.63) is 71.3 Å². The van der Waals surface area contributed by atoms with Crippen molar-refractivity contribution in [2.45, 2.75) is 5.92 Å². The van der Waals surface area contributed by atoms with E-state index < -0.39 is 23.2 Å². The average Bonchev–Trinajstić information content (AvgIpc) is 3.36. The van der Waals surface area contributed by atoms with Crippen LogP contribution in [0.15, 0.2) is 54.6 Å². The van der Waals surface area contributed by atoms with Gasteiger partial charge >= 0.3 is 5.97 Å². The van der Waals surface area contributed by atoms with Crippen molar-refractivity contribution in [2.24, 2.45) is 11.3 Å². The molecule has 0 radical (unpaired) electrons. The highest BCUT2D eigenvalue weighted by atomic mass is 16.5. The van der Waals surface area contributed by atoms with Crippen LogP contribution in [0.1, 0.15) is 32.2 Å². The summed E-state index contributed by atoms with van der Waals surface area (Å²) >= 11 is 0. The van der Waals surface area contributed by atoms with Crippen molar-refractivity contribution in [3.8, 4) is 12.1 Å². The number of nitrogens with zero attached hydrogens (tertiary/aromatic N) is 2. The van der Waals surface area contributed by atoms with E-state index in [0.29, 0.717) is 16.7 Å². The molecular weight excluding hydrogens is 316 g/mol. The van der Waals surface area contributed by atoms with Gasteiger partial charge in [-0.1, -0.05) is 42.5 Å². The number of ether oxygens (including phenoxy) is 1. The Morgan fingerprint density at radius 1 is 0.960 bits per heavy atom. The van der Waals surface area contributed by atoms with E-state index in [2.05, 4.69) is 4.74 Å². The number of esters is 1. The molecule has 0 heterocycles. The first-order valence-electron chi connectivity index (χ1n) is 7.69. The van der Waals surface area contributed by atoms with Gasteiger partial charge in [0, 0.05) is 11.5 Å². The fourth-order valence-corrected chi connectivity index (χ4v) is 3.23. The summed E-state index contributed by atoms with van der Waals surface area (Å²) in [4.78, 5) is 24.3. The molecule has 0 amide bonds. The Labute approximate surface area is 145 Å². The zero-order valence-corrected chi connectivity index (χ0v) is 13.5. The third kappa shape index (κ3) is 2.56. The second kappa shape index (κ2) is 6.22. The number of benzene rings is 2. The lowest BCUT2D eigenvalue weighted by molar-refractivity contribution is 0.0600. The highest BCUT2D eigenvalue weighted by Gasteiger charge is 2.70. The number of nitriles is 2. The minimum Gasteiger partial charge on any atom is -0.465 e. The van der Waals surface area contributed by atoms with E-state index in [0.717, 1.165) is 0 Å². The summed E-state index contributed by atoms with van der Waals surface area (Å²) in [6, 6.07) is 19.2. The number of methoxy groups -OCH3 is 1. The normalized spacial score (nSPS) is 20.0. The van der Waals surface area contributed by atoms with Crippen molar-refractivity contribution in [3.63, 3.8) is 0 Å². The molecule has 2 aromatic rings. The molecule has 0 saturated heterocycles. The SMILES string of the molecule is COC(=O)c1ccc([C@H]2[C@H](C(=O)c3ccccc3)C2(C#N)C#N)cc1. The number of carbonyl (C=O) groups is 2. The van der Waals surface area contributed by atoms with E-state index in [9.17, 15) is 20.1 Å². The molecule has 1 aliphatic carbocycles. The maximum absolute atomic E-state index is 12.8. The number of rotatable bonds is 4. The summed E-state index contributed by atoms with van der Waals surface area (Å²) in [5.41, 5.74) is 0.165. The first-order chi connectivity index (χ1) is 12.1. The number of hydrogen-bond acceptors (Lipinski definition) is 5. The van der Waals surface area contributed by atoms with Gasteiger partial charge in [0.2, 0.25) is 0 Å². The third-order valence-electron chi connectivity index (χ3n) is 4.61. The Hall–Kier alpha value is -3.44. The second-order valence-electron chi connectivity index (χ2n) is 5.89. The van der Waals surface area contributed by atoms with Gasteiger partial charge in [0.05, 0.1) is 30.7 Å². The van der Waals surface area contributed by atoms with Gasteiger partial charge in [-0.3, -0.25) is 4.79 Å². The van der Waals surface area contributed by atoms with Gasteiger partial charge in [0.1, 0.15) is 0 Å². The van der Waals surface area contributed by atoms with Crippen molar-refractivity contribution in [2.75, 3.05) is 7.11 Å². The van der Waals surface area contributed by atoms with Gasteiger partial charge < -0.3 is 4.74 Å². The van der Waals surface area contributed by atoms with Gasteiger partial charge in [-0.25, -0.2) is 4.79 Å². The van der Waals surface area contributed by atoms with Crippen LogP contribution in [-0.4, -0.2) is 18.9 Å². The number of carbonyl (C=O) groups excluding carboxylic acids is 2. The number of ketones is 1. The van der Waals surface area contributed by atoms with Gasteiger partial charge in [0.25, 0.3) is 0 Å². The van der Waals surface area contributed by atoms with E-state index in [4.69, 9.17) is 0 Å². The molecule has 3 rings (SSSR count). The van der Waals surface area contributed by atoms with E-state index in [1.807, 2.05) is 12.1 Å². The van der Waals surface area contributed by atoms with Crippen molar-refractivity contribution >= 4 is 11.8 Å². The molecule has 0 spiro atoms. The van der Waals surface area contributed by atoms with Gasteiger partial charge in [-0.2, -0.15) is 10.5 Å². The second-order valence-corrected chi connectivity index (χ2v) is 5.89. The molecule has 122 valence electrons. The first-order valence-corrected chi connectivity index (χ1v) is 7.69.